The van der Waals surface area contributed by atoms with E-state index < -0.39 is 0 Å². The highest BCUT2D eigenvalue weighted by Crippen LogP contribution is 2.31. The third kappa shape index (κ3) is 4.55. The minimum absolute atomic E-state index is 0.387. The van der Waals surface area contributed by atoms with Crippen molar-refractivity contribution in [2.75, 3.05) is 13.1 Å². The van der Waals surface area contributed by atoms with E-state index in [2.05, 4.69) is 32.6 Å². The molecule has 2 nitrogen and oxygen atoms in total. The third-order valence-electron chi connectivity index (χ3n) is 4.49. The van der Waals surface area contributed by atoms with Gasteiger partial charge in [-0.25, -0.2) is 0 Å². The van der Waals surface area contributed by atoms with Crippen LogP contribution in [0, 0.1) is 11.8 Å². The van der Waals surface area contributed by atoms with Crippen LogP contribution in [0.1, 0.15) is 66.2 Å². The standard InChI is InChI=1S/C16H34N2/c1-5-7-9-18(10-8-6-2)16-14(4)11-13(3)12-15(16)17/h13-16H,5-12,17H2,1-4H3. The molecule has 0 saturated heterocycles. The Balaban J connectivity index is 2.62. The summed E-state index contributed by atoms with van der Waals surface area (Å²) in [5, 5.41) is 0. The number of hydrogen-bond donors (Lipinski definition) is 1. The molecule has 2 N–H and O–H groups in total. The van der Waals surface area contributed by atoms with E-state index in [1.807, 2.05) is 0 Å². The van der Waals surface area contributed by atoms with Gasteiger partial charge < -0.3 is 5.73 Å². The highest BCUT2D eigenvalue weighted by atomic mass is 15.2. The van der Waals surface area contributed by atoms with Crippen LogP contribution in [-0.4, -0.2) is 30.1 Å². The Morgan fingerprint density at radius 3 is 2.00 bits per heavy atom. The van der Waals surface area contributed by atoms with E-state index in [-0.39, 0.29) is 0 Å². The maximum Gasteiger partial charge on any atom is 0.0272 e. The molecule has 1 aliphatic rings. The molecule has 1 aliphatic carbocycles. The first-order valence-corrected chi connectivity index (χ1v) is 8.09. The number of nitrogens with zero attached hydrogens (tertiary/aromatic N) is 1. The van der Waals surface area contributed by atoms with E-state index in [0.717, 1.165) is 11.8 Å². The minimum Gasteiger partial charge on any atom is -0.326 e. The molecule has 0 aromatic rings. The Labute approximate surface area is 114 Å². The van der Waals surface area contributed by atoms with Gasteiger partial charge in [0.25, 0.3) is 0 Å². The van der Waals surface area contributed by atoms with E-state index in [9.17, 15) is 0 Å². The Bertz CT molecular complexity index is 197. The SMILES string of the molecule is CCCCN(CCCC)C1C(C)CC(C)CC1N. The fraction of sp³-hybridized carbons (Fsp3) is 1.00. The molecule has 0 radical (unpaired) electrons. The van der Waals surface area contributed by atoms with E-state index in [1.54, 1.807) is 0 Å². The van der Waals surface area contributed by atoms with Crippen LogP contribution in [0.15, 0.2) is 0 Å². The van der Waals surface area contributed by atoms with Crippen LogP contribution < -0.4 is 5.73 Å². The van der Waals surface area contributed by atoms with Crippen LogP contribution in [0.4, 0.5) is 0 Å². The van der Waals surface area contributed by atoms with Gasteiger partial charge in [-0.1, -0.05) is 40.5 Å². The number of nitrogens with two attached hydrogens (primary N) is 1. The summed E-state index contributed by atoms with van der Waals surface area (Å²) in [6.07, 6.45) is 7.77. The zero-order valence-electron chi connectivity index (χ0n) is 13.0. The van der Waals surface area contributed by atoms with Crippen LogP contribution in [0.2, 0.25) is 0 Å². The van der Waals surface area contributed by atoms with Gasteiger partial charge in [-0.3, -0.25) is 4.90 Å². The van der Waals surface area contributed by atoms with Gasteiger partial charge in [-0.15, -0.1) is 0 Å². The van der Waals surface area contributed by atoms with Crippen LogP contribution in [0.25, 0.3) is 0 Å². The van der Waals surface area contributed by atoms with Crippen molar-refractivity contribution in [1.29, 1.82) is 0 Å². The molecule has 2 heteroatoms. The molecule has 0 heterocycles. The fourth-order valence-corrected chi connectivity index (χ4v) is 3.66. The smallest absolute Gasteiger partial charge is 0.0272 e. The Morgan fingerprint density at radius 1 is 1.00 bits per heavy atom. The second kappa shape index (κ2) is 8.16. The first-order chi connectivity index (χ1) is 8.60. The van der Waals surface area contributed by atoms with Crippen molar-refractivity contribution in [3.8, 4) is 0 Å². The average molecular weight is 254 g/mol. The molecule has 0 amide bonds. The van der Waals surface area contributed by atoms with Crippen LogP contribution in [0.5, 0.6) is 0 Å². The molecule has 1 saturated carbocycles. The zero-order valence-corrected chi connectivity index (χ0v) is 13.0. The summed E-state index contributed by atoms with van der Waals surface area (Å²) in [5.41, 5.74) is 6.46. The van der Waals surface area contributed by atoms with E-state index in [4.69, 9.17) is 5.73 Å². The highest BCUT2D eigenvalue weighted by Gasteiger charge is 2.35. The predicted octanol–water partition coefficient (Wildman–Crippen LogP) is 3.65. The lowest BCUT2D eigenvalue weighted by Crippen LogP contribution is -2.55. The molecule has 108 valence electrons. The van der Waals surface area contributed by atoms with Crippen molar-refractivity contribution in [2.24, 2.45) is 17.6 Å². The van der Waals surface area contributed by atoms with Gasteiger partial charge in [0.1, 0.15) is 0 Å². The molecular formula is C16H34N2. The molecule has 1 fully saturated rings. The van der Waals surface area contributed by atoms with Gasteiger partial charge in [0.05, 0.1) is 0 Å². The summed E-state index contributed by atoms with van der Waals surface area (Å²) in [6, 6.07) is 1.01. The van der Waals surface area contributed by atoms with E-state index in [1.165, 1.54) is 51.6 Å². The van der Waals surface area contributed by atoms with Crippen LogP contribution in [0.3, 0.4) is 0 Å². The summed E-state index contributed by atoms with van der Waals surface area (Å²) >= 11 is 0. The van der Waals surface area contributed by atoms with Gasteiger partial charge >= 0.3 is 0 Å². The summed E-state index contributed by atoms with van der Waals surface area (Å²) in [5.74, 6) is 1.57. The maximum atomic E-state index is 6.46. The molecular weight excluding hydrogens is 220 g/mol. The first kappa shape index (κ1) is 16.0. The van der Waals surface area contributed by atoms with Crippen molar-refractivity contribution >= 4 is 0 Å². The molecule has 0 aliphatic heterocycles. The normalized spacial score (nSPS) is 33.0. The minimum atomic E-state index is 0.387. The van der Waals surface area contributed by atoms with Crippen molar-refractivity contribution in [3.05, 3.63) is 0 Å². The first-order valence-electron chi connectivity index (χ1n) is 8.09. The van der Waals surface area contributed by atoms with Gasteiger partial charge in [-0.2, -0.15) is 0 Å². The number of rotatable bonds is 7. The highest BCUT2D eigenvalue weighted by molar-refractivity contribution is 4.92. The van der Waals surface area contributed by atoms with Gasteiger partial charge in [0.15, 0.2) is 0 Å². The third-order valence-corrected chi connectivity index (χ3v) is 4.49. The summed E-state index contributed by atoms with van der Waals surface area (Å²) in [7, 11) is 0. The van der Waals surface area contributed by atoms with Crippen molar-refractivity contribution in [3.63, 3.8) is 0 Å². The van der Waals surface area contributed by atoms with Crippen molar-refractivity contribution < 1.29 is 0 Å². The Morgan fingerprint density at radius 2 is 1.56 bits per heavy atom. The molecule has 0 aromatic heterocycles. The van der Waals surface area contributed by atoms with Crippen LogP contribution >= 0.6 is 0 Å². The van der Waals surface area contributed by atoms with Gasteiger partial charge in [0.2, 0.25) is 0 Å². The summed E-state index contributed by atoms with van der Waals surface area (Å²) in [6.45, 7) is 11.8. The molecule has 18 heavy (non-hydrogen) atoms. The number of unbranched alkanes of at least 4 members (excludes halogenated alkanes) is 2. The quantitative estimate of drug-likeness (QED) is 0.751. The molecule has 4 atom stereocenters. The topological polar surface area (TPSA) is 29.3 Å². The lowest BCUT2D eigenvalue weighted by Gasteiger charge is -2.44. The van der Waals surface area contributed by atoms with Gasteiger partial charge in [0, 0.05) is 12.1 Å². The lowest BCUT2D eigenvalue weighted by molar-refractivity contribution is 0.0727. The van der Waals surface area contributed by atoms with Gasteiger partial charge in [-0.05, 0) is 50.6 Å². The second-order valence-corrected chi connectivity index (χ2v) is 6.45. The molecule has 0 spiro atoms. The Hall–Kier alpha value is -0.0800. The lowest BCUT2D eigenvalue weighted by atomic mass is 9.76. The fourth-order valence-electron chi connectivity index (χ4n) is 3.66. The van der Waals surface area contributed by atoms with E-state index >= 15 is 0 Å². The Kier molecular flexibility index (Phi) is 7.25. The second-order valence-electron chi connectivity index (χ2n) is 6.45. The van der Waals surface area contributed by atoms with Crippen LogP contribution in [-0.2, 0) is 0 Å². The zero-order chi connectivity index (χ0) is 13.5. The molecule has 0 aromatic carbocycles. The average Bonchev–Trinajstić information content (AvgIpc) is 2.30. The van der Waals surface area contributed by atoms with E-state index in [0.29, 0.717) is 12.1 Å². The predicted molar refractivity (Wildman–Crippen MR) is 80.7 cm³/mol. The maximum absolute atomic E-state index is 6.46. The van der Waals surface area contributed by atoms with Crippen molar-refractivity contribution in [2.45, 2.75) is 78.3 Å². The van der Waals surface area contributed by atoms with Crippen molar-refractivity contribution in [1.82, 2.24) is 4.90 Å². The largest absolute Gasteiger partial charge is 0.326 e. The summed E-state index contributed by atoms with van der Waals surface area (Å²) < 4.78 is 0. The monoisotopic (exact) mass is 254 g/mol. The molecule has 4 unspecified atom stereocenters. The number of hydrogen-bond acceptors (Lipinski definition) is 2. The molecule has 1 rings (SSSR count). The summed E-state index contributed by atoms with van der Waals surface area (Å²) in [4.78, 5) is 2.70. The molecule has 0 bridgehead atoms.